The molecule has 4 aliphatic carbocycles. The Balaban J connectivity index is 1.52. The van der Waals surface area contributed by atoms with E-state index in [0.717, 1.165) is 48.3 Å². The molecule has 0 spiro atoms. The van der Waals surface area contributed by atoms with Gasteiger partial charge in [-0.15, -0.1) is 0 Å². The largest absolute Gasteiger partial charge is 0.299 e. The molecular formula is C25H28O2S. The van der Waals surface area contributed by atoms with Crippen molar-refractivity contribution in [1.29, 1.82) is 0 Å². The Morgan fingerprint density at radius 2 is 1.75 bits per heavy atom. The van der Waals surface area contributed by atoms with Crippen LogP contribution < -0.4 is 0 Å². The van der Waals surface area contributed by atoms with Crippen molar-refractivity contribution in [1.82, 2.24) is 0 Å². The van der Waals surface area contributed by atoms with Crippen LogP contribution in [-0.4, -0.2) is 11.6 Å². The second-order valence-electron chi connectivity index (χ2n) is 9.54. The van der Waals surface area contributed by atoms with Crippen molar-refractivity contribution in [2.45, 2.75) is 57.3 Å². The van der Waals surface area contributed by atoms with E-state index < -0.39 is 0 Å². The first-order chi connectivity index (χ1) is 13.4. The number of Topliss-reactive ketones (excluding diaryl/α,β-unsaturated/α-hetero) is 1. The molecule has 0 aliphatic heterocycles. The van der Waals surface area contributed by atoms with Gasteiger partial charge in [0, 0.05) is 22.1 Å². The Morgan fingerprint density at radius 3 is 2.54 bits per heavy atom. The number of carbonyl (C=O) groups is 2. The van der Waals surface area contributed by atoms with Crippen LogP contribution in [-0.2, 0) is 9.59 Å². The minimum absolute atomic E-state index is 0.0408. The quantitative estimate of drug-likeness (QED) is 0.620. The molecule has 0 bridgehead atoms. The van der Waals surface area contributed by atoms with Gasteiger partial charge in [-0.05, 0) is 73.6 Å². The van der Waals surface area contributed by atoms with E-state index in [1.807, 2.05) is 24.3 Å². The Bertz CT molecular complexity index is 898. The van der Waals surface area contributed by atoms with E-state index in [1.54, 1.807) is 11.8 Å². The maximum atomic E-state index is 12.8. The molecular weight excluding hydrogens is 364 g/mol. The molecule has 5 rings (SSSR count). The van der Waals surface area contributed by atoms with Crippen molar-refractivity contribution in [2.24, 2.45) is 28.6 Å². The molecule has 0 saturated heterocycles. The summed E-state index contributed by atoms with van der Waals surface area (Å²) >= 11 is 1.64. The summed E-state index contributed by atoms with van der Waals surface area (Å²) in [5, 5.41) is 0. The molecule has 4 aliphatic rings. The number of ketones is 2. The van der Waals surface area contributed by atoms with E-state index >= 15 is 0 Å². The number of hydrogen-bond acceptors (Lipinski definition) is 3. The molecule has 5 atom stereocenters. The van der Waals surface area contributed by atoms with E-state index in [4.69, 9.17) is 0 Å². The molecule has 3 unspecified atom stereocenters. The smallest absolute Gasteiger partial charge is 0.192 e. The highest BCUT2D eigenvalue weighted by molar-refractivity contribution is 8.04. The van der Waals surface area contributed by atoms with Crippen LogP contribution in [0.25, 0.3) is 0 Å². The zero-order valence-electron chi connectivity index (χ0n) is 16.7. The number of benzene rings is 1. The average Bonchev–Trinajstić information content (AvgIpc) is 3.00. The van der Waals surface area contributed by atoms with Gasteiger partial charge in [0.25, 0.3) is 0 Å². The van der Waals surface area contributed by atoms with E-state index in [1.165, 1.54) is 5.57 Å². The highest BCUT2D eigenvalue weighted by atomic mass is 32.2. The van der Waals surface area contributed by atoms with Crippen molar-refractivity contribution >= 4 is 23.3 Å². The first-order valence-corrected chi connectivity index (χ1v) is 11.5. The fourth-order valence-electron chi connectivity index (χ4n) is 6.78. The first kappa shape index (κ1) is 18.4. The average molecular weight is 393 g/mol. The monoisotopic (exact) mass is 392 g/mol. The fourth-order valence-corrected chi connectivity index (χ4v) is 7.93. The second kappa shape index (κ2) is 6.45. The summed E-state index contributed by atoms with van der Waals surface area (Å²) < 4.78 is 0. The predicted molar refractivity (Wildman–Crippen MR) is 113 cm³/mol. The number of hydrogen-bond donors (Lipinski definition) is 0. The Hall–Kier alpha value is -1.61. The molecule has 3 heteroatoms. The lowest BCUT2D eigenvalue weighted by Gasteiger charge is -2.56. The lowest BCUT2D eigenvalue weighted by atomic mass is 9.48. The van der Waals surface area contributed by atoms with Gasteiger partial charge in [0.2, 0.25) is 0 Å². The Kier molecular flexibility index (Phi) is 4.24. The fraction of sp³-hybridized carbons (Fsp3) is 0.520. The SMILES string of the molecule is C[C@]12C=CC(=O)C(Sc3ccccc3)=C1CCC1C2CC[C@]2(C)C(=O)CCC12. The van der Waals surface area contributed by atoms with Gasteiger partial charge in [-0.1, -0.05) is 49.9 Å². The molecule has 3 saturated carbocycles. The number of rotatable bonds is 2. The summed E-state index contributed by atoms with van der Waals surface area (Å²) in [5.41, 5.74) is 1.22. The van der Waals surface area contributed by atoms with Crippen LogP contribution in [0, 0.1) is 28.6 Å². The standard InChI is InChI=1S/C25H28O2S/c1-24-15-13-21(26)23(28-16-6-4-3-5-7-16)20(24)9-8-17-18-10-11-22(27)25(18,2)14-12-19(17)24/h3-7,13,15,17-19H,8-12,14H2,1-2H3/t17?,18?,19?,24-,25+/m1/s1. The molecule has 2 nitrogen and oxygen atoms in total. The molecule has 0 aromatic heterocycles. The third kappa shape index (κ3) is 2.55. The predicted octanol–water partition coefficient (Wildman–Crippen LogP) is 5.98. The second-order valence-corrected chi connectivity index (χ2v) is 10.6. The lowest BCUT2D eigenvalue weighted by molar-refractivity contribution is -0.131. The van der Waals surface area contributed by atoms with Gasteiger partial charge in [0.05, 0.1) is 4.91 Å². The van der Waals surface area contributed by atoms with Crippen LogP contribution in [0.4, 0.5) is 0 Å². The summed E-state index contributed by atoms with van der Waals surface area (Å²) in [4.78, 5) is 27.5. The van der Waals surface area contributed by atoms with Crippen LogP contribution in [0.3, 0.4) is 0 Å². The van der Waals surface area contributed by atoms with Gasteiger partial charge in [-0.3, -0.25) is 9.59 Å². The van der Waals surface area contributed by atoms with E-state index in [0.29, 0.717) is 23.5 Å². The number of allylic oxidation sites excluding steroid dienone is 4. The van der Waals surface area contributed by atoms with Gasteiger partial charge < -0.3 is 0 Å². The first-order valence-electron chi connectivity index (χ1n) is 10.7. The molecule has 1 aromatic carbocycles. The minimum atomic E-state index is -0.0887. The highest BCUT2D eigenvalue weighted by Crippen LogP contribution is 2.64. The maximum absolute atomic E-state index is 12.8. The molecule has 0 amide bonds. The maximum Gasteiger partial charge on any atom is 0.192 e. The molecule has 0 N–H and O–H groups in total. The van der Waals surface area contributed by atoms with Gasteiger partial charge in [-0.25, -0.2) is 0 Å². The van der Waals surface area contributed by atoms with Gasteiger partial charge >= 0.3 is 0 Å². The van der Waals surface area contributed by atoms with Gasteiger partial charge in [0.1, 0.15) is 5.78 Å². The van der Waals surface area contributed by atoms with E-state index in [9.17, 15) is 9.59 Å². The zero-order valence-corrected chi connectivity index (χ0v) is 17.6. The summed E-state index contributed by atoms with van der Waals surface area (Å²) in [6, 6.07) is 10.3. The van der Waals surface area contributed by atoms with Crippen molar-refractivity contribution < 1.29 is 9.59 Å². The molecule has 1 aromatic rings. The summed E-state index contributed by atoms with van der Waals surface area (Å²) in [7, 11) is 0. The van der Waals surface area contributed by atoms with Crippen molar-refractivity contribution in [3.8, 4) is 0 Å². The normalized spacial score (nSPS) is 39.6. The molecule has 3 fully saturated rings. The van der Waals surface area contributed by atoms with Crippen LogP contribution in [0.5, 0.6) is 0 Å². The highest BCUT2D eigenvalue weighted by Gasteiger charge is 2.58. The molecule has 0 radical (unpaired) electrons. The Morgan fingerprint density at radius 1 is 0.964 bits per heavy atom. The van der Waals surface area contributed by atoms with Crippen LogP contribution in [0.2, 0.25) is 0 Å². The number of carbonyl (C=O) groups excluding carboxylic acids is 2. The van der Waals surface area contributed by atoms with E-state index in [-0.39, 0.29) is 16.6 Å². The minimum Gasteiger partial charge on any atom is -0.299 e. The third-order valence-corrected chi connectivity index (χ3v) is 9.50. The van der Waals surface area contributed by atoms with Crippen molar-refractivity contribution in [2.75, 3.05) is 0 Å². The lowest BCUT2D eigenvalue weighted by Crippen LogP contribution is -2.50. The summed E-state index contributed by atoms with van der Waals surface area (Å²) in [6.45, 7) is 4.58. The molecule has 146 valence electrons. The van der Waals surface area contributed by atoms with Crippen LogP contribution in [0.1, 0.15) is 52.4 Å². The Labute approximate surface area is 171 Å². The van der Waals surface area contributed by atoms with Crippen LogP contribution in [0.15, 0.2) is 57.9 Å². The molecule has 28 heavy (non-hydrogen) atoms. The zero-order chi connectivity index (χ0) is 19.5. The summed E-state index contributed by atoms with van der Waals surface area (Å²) in [5.74, 6) is 2.36. The number of thioether (sulfide) groups is 1. The van der Waals surface area contributed by atoms with Gasteiger partial charge in [-0.2, -0.15) is 0 Å². The molecule has 0 heterocycles. The van der Waals surface area contributed by atoms with Crippen LogP contribution >= 0.6 is 11.8 Å². The number of fused-ring (bicyclic) bond motifs is 5. The van der Waals surface area contributed by atoms with Crippen molar-refractivity contribution in [3.63, 3.8) is 0 Å². The topological polar surface area (TPSA) is 34.1 Å². The summed E-state index contributed by atoms with van der Waals surface area (Å²) in [6.07, 6.45) is 10.1. The van der Waals surface area contributed by atoms with Crippen molar-refractivity contribution in [3.05, 3.63) is 53.0 Å². The van der Waals surface area contributed by atoms with Gasteiger partial charge in [0.15, 0.2) is 5.78 Å². The third-order valence-electron chi connectivity index (χ3n) is 8.34. The van der Waals surface area contributed by atoms with E-state index in [2.05, 4.69) is 32.1 Å².